The van der Waals surface area contributed by atoms with E-state index in [0.717, 1.165) is 33.4 Å². The molecule has 1 aliphatic rings. The number of nitrogens with zero attached hydrogens (tertiary/aromatic N) is 4. The van der Waals surface area contributed by atoms with E-state index in [-0.39, 0.29) is 0 Å². The van der Waals surface area contributed by atoms with Crippen LogP contribution in [-0.4, -0.2) is 26.4 Å². The average molecular weight is 295 g/mol. The molecule has 2 aromatic rings. The van der Waals surface area contributed by atoms with Gasteiger partial charge < -0.3 is 0 Å². The van der Waals surface area contributed by atoms with Crippen molar-refractivity contribution in [1.82, 2.24) is 15.2 Å². The summed E-state index contributed by atoms with van der Waals surface area (Å²) in [7, 11) is 1.89. The number of hydrogen-bond donors (Lipinski definition) is 1. The van der Waals surface area contributed by atoms with Crippen LogP contribution in [0.2, 0.25) is 0 Å². The van der Waals surface area contributed by atoms with Crippen LogP contribution in [0.25, 0.3) is 0 Å². The monoisotopic (exact) mass is 295 g/mol. The van der Waals surface area contributed by atoms with Gasteiger partial charge >= 0.3 is 0 Å². The fraction of sp³-hybridized carbons (Fsp3) is 0.133. The number of amidine groups is 1. The Labute approximate surface area is 127 Å². The highest BCUT2D eigenvalue weighted by Gasteiger charge is 2.14. The number of aromatic nitrogens is 2. The lowest BCUT2D eigenvalue weighted by atomic mass is 10.2. The summed E-state index contributed by atoms with van der Waals surface area (Å²) in [5.41, 5.74) is 6.59. The molecule has 5 nitrogen and oxygen atoms in total. The zero-order valence-corrected chi connectivity index (χ0v) is 12.3. The van der Waals surface area contributed by atoms with E-state index in [1.54, 1.807) is 22.6 Å². The van der Waals surface area contributed by atoms with Gasteiger partial charge in [-0.1, -0.05) is 23.7 Å². The predicted octanol–water partition coefficient (Wildman–Crippen LogP) is 2.13. The highest BCUT2D eigenvalue weighted by molar-refractivity contribution is 8.14. The lowest BCUT2D eigenvalue weighted by molar-refractivity contribution is 0.767. The van der Waals surface area contributed by atoms with Gasteiger partial charge in [-0.2, -0.15) is 10.2 Å². The Morgan fingerprint density at radius 1 is 1.48 bits per heavy atom. The SMILES string of the molecule is C#Cc1cccc(N=C2NN=C(c3cnn(C)c3)CS2)c1. The molecule has 1 N–H and O–H groups in total. The summed E-state index contributed by atoms with van der Waals surface area (Å²) in [6.45, 7) is 0. The summed E-state index contributed by atoms with van der Waals surface area (Å²) in [5, 5.41) is 9.26. The molecular formula is C15H13N5S. The Bertz CT molecular complexity index is 766. The Kier molecular flexibility index (Phi) is 3.75. The van der Waals surface area contributed by atoms with Gasteiger partial charge in [0.2, 0.25) is 0 Å². The largest absolute Gasteiger partial charge is 0.275 e. The summed E-state index contributed by atoms with van der Waals surface area (Å²) >= 11 is 1.60. The standard InChI is InChI=1S/C15H13N5S/c1-3-11-5-4-6-13(7-11)17-15-19-18-14(10-21-15)12-8-16-20(2)9-12/h1,4-9H,10H2,2H3,(H,17,19). The molecule has 0 fully saturated rings. The minimum absolute atomic E-state index is 0.756. The maximum absolute atomic E-state index is 5.39. The van der Waals surface area contributed by atoms with Crippen molar-refractivity contribution in [2.24, 2.45) is 17.1 Å². The molecule has 0 atom stereocenters. The average Bonchev–Trinajstić information content (AvgIpc) is 2.95. The van der Waals surface area contributed by atoms with Crippen molar-refractivity contribution in [3.63, 3.8) is 0 Å². The first kappa shape index (κ1) is 13.5. The third kappa shape index (κ3) is 3.15. The van der Waals surface area contributed by atoms with E-state index >= 15 is 0 Å². The lowest BCUT2D eigenvalue weighted by Crippen LogP contribution is -2.24. The van der Waals surface area contributed by atoms with E-state index < -0.39 is 0 Å². The first-order chi connectivity index (χ1) is 10.2. The third-order valence-corrected chi connectivity index (χ3v) is 3.79. The second-order valence-electron chi connectivity index (χ2n) is 4.47. The van der Waals surface area contributed by atoms with Crippen molar-refractivity contribution in [2.75, 3.05) is 5.75 Å². The van der Waals surface area contributed by atoms with Gasteiger partial charge in [0.1, 0.15) is 0 Å². The molecule has 0 saturated heterocycles. The second-order valence-corrected chi connectivity index (χ2v) is 5.44. The zero-order valence-electron chi connectivity index (χ0n) is 11.4. The molecule has 0 amide bonds. The van der Waals surface area contributed by atoms with Crippen molar-refractivity contribution in [2.45, 2.75) is 0 Å². The first-order valence-electron chi connectivity index (χ1n) is 6.34. The van der Waals surface area contributed by atoms with Crippen molar-refractivity contribution in [3.05, 3.63) is 47.8 Å². The first-order valence-corrected chi connectivity index (χ1v) is 7.33. The van der Waals surface area contributed by atoms with Crippen molar-refractivity contribution in [1.29, 1.82) is 0 Å². The van der Waals surface area contributed by atoms with Crippen LogP contribution in [-0.2, 0) is 7.05 Å². The maximum Gasteiger partial charge on any atom is 0.182 e. The van der Waals surface area contributed by atoms with E-state index in [1.165, 1.54) is 0 Å². The Balaban J connectivity index is 1.77. The van der Waals surface area contributed by atoms with E-state index in [4.69, 9.17) is 6.42 Å². The molecule has 2 heterocycles. The molecule has 0 bridgehead atoms. The Morgan fingerprint density at radius 3 is 3.05 bits per heavy atom. The molecule has 1 aromatic heterocycles. The minimum atomic E-state index is 0.756. The number of aryl methyl sites for hydroxylation is 1. The number of rotatable bonds is 2. The van der Waals surface area contributed by atoms with Crippen LogP contribution < -0.4 is 5.43 Å². The number of hydrogen-bond acceptors (Lipinski definition) is 4. The van der Waals surface area contributed by atoms with Crippen molar-refractivity contribution >= 4 is 28.3 Å². The number of nitrogens with one attached hydrogen (secondary N) is 1. The summed E-state index contributed by atoms with van der Waals surface area (Å²) in [5.74, 6) is 3.36. The fourth-order valence-electron chi connectivity index (χ4n) is 1.87. The molecule has 0 radical (unpaired) electrons. The van der Waals surface area contributed by atoms with Gasteiger partial charge in [-0.25, -0.2) is 4.99 Å². The van der Waals surface area contributed by atoms with Crippen LogP contribution >= 0.6 is 11.8 Å². The molecule has 0 aliphatic carbocycles. The number of aliphatic imine (C=N–C) groups is 1. The molecule has 6 heteroatoms. The highest BCUT2D eigenvalue weighted by atomic mass is 32.2. The van der Waals surface area contributed by atoms with Crippen LogP contribution in [0.15, 0.2) is 46.8 Å². The fourth-order valence-corrected chi connectivity index (χ4v) is 2.66. The molecule has 21 heavy (non-hydrogen) atoms. The van der Waals surface area contributed by atoms with Gasteiger partial charge in [-0.3, -0.25) is 10.1 Å². The summed E-state index contributed by atoms with van der Waals surface area (Å²) in [4.78, 5) is 4.51. The number of terminal acetylenes is 1. The smallest absolute Gasteiger partial charge is 0.182 e. The molecule has 104 valence electrons. The van der Waals surface area contributed by atoms with Crippen LogP contribution in [0.4, 0.5) is 5.69 Å². The molecule has 1 aromatic carbocycles. The third-order valence-electron chi connectivity index (χ3n) is 2.91. The number of benzene rings is 1. The van der Waals surface area contributed by atoms with Gasteiger partial charge in [-0.05, 0) is 18.2 Å². The molecule has 0 unspecified atom stereocenters. The maximum atomic E-state index is 5.39. The van der Waals surface area contributed by atoms with Crippen LogP contribution in [0.5, 0.6) is 0 Å². The topological polar surface area (TPSA) is 54.6 Å². The van der Waals surface area contributed by atoms with Gasteiger partial charge in [-0.15, -0.1) is 6.42 Å². The van der Waals surface area contributed by atoms with Gasteiger partial charge in [0, 0.05) is 30.1 Å². The van der Waals surface area contributed by atoms with Gasteiger partial charge in [0.15, 0.2) is 5.17 Å². The molecule has 0 saturated carbocycles. The Morgan fingerprint density at radius 2 is 2.38 bits per heavy atom. The van der Waals surface area contributed by atoms with Crippen LogP contribution in [0.3, 0.4) is 0 Å². The van der Waals surface area contributed by atoms with E-state index in [9.17, 15) is 0 Å². The molecule has 0 spiro atoms. The summed E-state index contributed by atoms with van der Waals surface area (Å²) in [6, 6.07) is 7.56. The predicted molar refractivity (Wildman–Crippen MR) is 86.8 cm³/mol. The molecule has 1 aliphatic heterocycles. The minimum Gasteiger partial charge on any atom is -0.275 e. The highest BCUT2D eigenvalue weighted by Crippen LogP contribution is 2.19. The van der Waals surface area contributed by atoms with Crippen LogP contribution in [0.1, 0.15) is 11.1 Å². The number of thioether (sulfide) groups is 1. The van der Waals surface area contributed by atoms with Gasteiger partial charge in [0.25, 0.3) is 0 Å². The zero-order chi connectivity index (χ0) is 14.7. The van der Waals surface area contributed by atoms with Crippen molar-refractivity contribution in [3.8, 4) is 12.3 Å². The lowest BCUT2D eigenvalue weighted by Gasteiger charge is -2.13. The molecule has 3 rings (SSSR count). The summed E-state index contributed by atoms with van der Waals surface area (Å²) < 4.78 is 1.76. The quantitative estimate of drug-likeness (QED) is 0.864. The molecular weight excluding hydrogens is 282 g/mol. The van der Waals surface area contributed by atoms with Crippen LogP contribution in [0, 0.1) is 12.3 Å². The Hall–Kier alpha value is -2.52. The van der Waals surface area contributed by atoms with Gasteiger partial charge in [0.05, 0.1) is 17.6 Å². The van der Waals surface area contributed by atoms with E-state index in [2.05, 4.69) is 26.5 Å². The van der Waals surface area contributed by atoms with E-state index in [1.807, 2.05) is 37.5 Å². The number of hydrazone groups is 1. The normalized spacial score (nSPS) is 16.2. The van der Waals surface area contributed by atoms with E-state index in [0.29, 0.717) is 0 Å². The second kappa shape index (κ2) is 5.85. The van der Waals surface area contributed by atoms with Crippen molar-refractivity contribution < 1.29 is 0 Å². The summed E-state index contributed by atoms with van der Waals surface area (Å²) in [6.07, 6.45) is 9.14.